The predicted molar refractivity (Wildman–Crippen MR) is 51.8 cm³/mol. The second-order valence-corrected chi connectivity index (χ2v) is 4.14. The van der Waals surface area contributed by atoms with Crippen molar-refractivity contribution in [1.29, 1.82) is 0 Å². The minimum atomic E-state index is -0.542. The second kappa shape index (κ2) is 3.41. The van der Waals surface area contributed by atoms with E-state index in [1.165, 1.54) is 6.20 Å². The van der Waals surface area contributed by atoms with Gasteiger partial charge in [-0.2, -0.15) is 9.37 Å². The molecule has 0 radical (unpaired) electrons. The highest BCUT2D eigenvalue weighted by Crippen LogP contribution is 2.50. The van der Waals surface area contributed by atoms with Crippen LogP contribution in [0, 0.1) is 23.7 Å². The molecular formula is C10H12FN3O. The van der Waals surface area contributed by atoms with Gasteiger partial charge in [0.1, 0.15) is 5.82 Å². The fraction of sp³-hybridized carbons (Fsp3) is 0.600. The number of ether oxygens (including phenoxy) is 1. The summed E-state index contributed by atoms with van der Waals surface area (Å²) in [5, 5.41) is 3.11. The van der Waals surface area contributed by atoms with E-state index in [0.29, 0.717) is 23.6 Å². The highest BCUT2D eigenvalue weighted by molar-refractivity contribution is 5.30. The molecule has 2 heterocycles. The Labute approximate surface area is 86.9 Å². The Morgan fingerprint density at radius 1 is 1.40 bits per heavy atom. The zero-order valence-electron chi connectivity index (χ0n) is 8.19. The maximum absolute atomic E-state index is 12.7. The van der Waals surface area contributed by atoms with Gasteiger partial charge in [0.2, 0.25) is 5.95 Å². The molecule has 0 spiro atoms. The number of halogens is 1. The van der Waals surface area contributed by atoms with Gasteiger partial charge in [0.15, 0.2) is 0 Å². The Bertz CT molecular complexity index is 363. The third-order valence-corrected chi connectivity index (χ3v) is 3.25. The second-order valence-electron chi connectivity index (χ2n) is 4.14. The van der Waals surface area contributed by atoms with Gasteiger partial charge in [0.05, 0.1) is 25.6 Å². The molecule has 2 atom stereocenters. The standard InChI is InChI=1S/C10H12FN3O/c11-9-2-12-3-10(14-9)13-1-6-7-4-15-5-8(6)7/h2-3,6-8H,1,4-5H2,(H,13,14). The van der Waals surface area contributed by atoms with Crippen LogP contribution < -0.4 is 5.32 Å². The molecule has 2 fully saturated rings. The number of fused-ring (bicyclic) bond motifs is 1. The molecule has 1 aliphatic carbocycles. The van der Waals surface area contributed by atoms with E-state index in [-0.39, 0.29) is 0 Å². The summed E-state index contributed by atoms with van der Waals surface area (Å²) in [4.78, 5) is 7.43. The Hall–Kier alpha value is -1.23. The van der Waals surface area contributed by atoms with Crippen molar-refractivity contribution in [1.82, 2.24) is 9.97 Å². The van der Waals surface area contributed by atoms with E-state index in [1.54, 1.807) is 0 Å². The van der Waals surface area contributed by atoms with Crippen LogP contribution in [0.3, 0.4) is 0 Å². The van der Waals surface area contributed by atoms with Crippen LogP contribution in [0.1, 0.15) is 0 Å². The lowest BCUT2D eigenvalue weighted by Gasteiger charge is -2.06. The third-order valence-electron chi connectivity index (χ3n) is 3.25. The summed E-state index contributed by atoms with van der Waals surface area (Å²) in [5.74, 6) is 2.06. The lowest BCUT2D eigenvalue weighted by atomic mass is 10.3. The molecule has 4 nitrogen and oxygen atoms in total. The molecule has 0 bridgehead atoms. The van der Waals surface area contributed by atoms with Crippen LogP contribution in [0.2, 0.25) is 0 Å². The van der Waals surface area contributed by atoms with Crippen molar-refractivity contribution in [3.05, 3.63) is 18.3 Å². The van der Waals surface area contributed by atoms with Gasteiger partial charge in [0, 0.05) is 6.54 Å². The van der Waals surface area contributed by atoms with E-state index in [1.807, 2.05) is 0 Å². The van der Waals surface area contributed by atoms with E-state index >= 15 is 0 Å². The minimum Gasteiger partial charge on any atom is -0.381 e. The summed E-state index contributed by atoms with van der Waals surface area (Å²) in [6.07, 6.45) is 2.64. The molecule has 2 unspecified atom stereocenters. The van der Waals surface area contributed by atoms with Crippen molar-refractivity contribution in [3.63, 3.8) is 0 Å². The fourth-order valence-corrected chi connectivity index (χ4v) is 2.31. The monoisotopic (exact) mass is 209 g/mol. The van der Waals surface area contributed by atoms with Crippen LogP contribution in [0.15, 0.2) is 12.4 Å². The van der Waals surface area contributed by atoms with Crippen LogP contribution in [0.5, 0.6) is 0 Å². The minimum absolute atomic E-state index is 0.515. The molecule has 2 aliphatic rings. The normalized spacial score (nSPS) is 32.5. The molecule has 15 heavy (non-hydrogen) atoms. The molecule has 5 heteroatoms. The zero-order chi connectivity index (χ0) is 10.3. The van der Waals surface area contributed by atoms with Gasteiger partial charge in [-0.1, -0.05) is 0 Å². The molecule has 1 aliphatic heterocycles. The van der Waals surface area contributed by atoms with Crippen LogP contribution in [-0.4, -0.2) is 29.7 Å². The van der Waals surface area contributed by atoms with Gasteiger partial charge in [0.25, 0.3) is 0 Å². The van der Waals surface area contributed by atoms with Crippen LogP contribution >= 0.6 is 0 Å². The summed E-state index contributed by atoms with van der Waals surface area (Å²) >= 11 is 0. The maximum Gasteiger partial charge on any atom is 0.233 e. The molecule has 1 N–H and O–H groups in total. The van der Waals surface area contributed by atoms with Crippen molar-refractivity contribution in [2.24, 2.45) is 17.8 Å². The van der Waals surface area contributed by atoms with Crippen LogP contribution in [-0.2, 0) is 4.74 Å². The van der Waals surface area contributed by atoms with Crippen molar-refractivity contribution in [2.75, 3.05) is 25.1 Å². The SMILES string of the molecule is Fc1cncc(NCC2C3COCC23)n1. The van der Waals surface area contributed by atoms with Gasteiger partial charge in [-0.05, 0) is 17.8 Å². The summed E-state index contributed by atoms with van der Waals surface area (Å²) in [5.41, 5.74) is 0. The topological polar surface area (TPSA) is 47.0 Å². The number of hydrogen-bond donors (Lipinski definition) is 1. The van der Waals surface area contributed by atoms with Crippen molar-refractivity contribution >= 4 is 5.82 Å². The first-order chi connectivity index (χ1) is 7.34. The van der Waals surface area contributed by atoms with E-state index in [0.717, 1.165) is 26.0 Å². The predicted octanol–water partition coefficient (Wildman–Crippen LogP) is 0.920. The smallest absolute Gasteiger partial charge is 0.233 e. The quantitative estimate of drug-likeness (QED) is 0.804. The molecule has 0 aromatic carbocycles. The summed E-state index contributed by atoms with van der Waals surface area (Å²) in [6.45, 7) is 2.61. The number of aromatic nitrogens is 2. The number of hydrogen-bond acceptors (Lipinski definition) is 4. The first kappa shape index (κ1) is 9.03. The summed E-state index contributed by atoms with van der Waals surface area (Å²) < 4.78 is 18.0. The molecule has 3 rings (SSSR count). The Morgan fingerprint density at radius 3 is 2.93 bits per heavy atom. The lowest BCUT2D eigenvalue weighted by Crippen LogP contribution is -2.11. The van der Waals surface area contributed by atoms with Gasteiger partial charge in [-0.15, -0.1) is 0 Å². The van der Waals surface area contributed by atoms with Gasteiger partial charge in [-0.25, -0.2) is 0 Å². The highest BCUT2D eigenvalue weighted by Gasteiger charge is 2.53. The average molecular weight is 209 g/mol. The zero-order valence-corrected chi connectivity index (χ0v) is 8.19. The van der Waals surface area contributed by atoms with E-state index in [4.69, 9.17) is 4.74 Å². The Balaban J connectivity index is 1.54. The molecular weight excluding hydrogens is 197 g/mol. The average Bonchev–Trinajstić information content (AvgIpc) is 2.69. The first-order valence-corrected chi connectivity index (χ1v) is 5.14. The van der Waals surface area contributed by atoms with E-state index < -0.39 is 5.95 Å². The highest BCUT2D eigenvalue weighted by atomic mass is 19.1. The molecule has 1 saturated carbocycles. The number of nitrogens with one attached hydrogen (secondary N) is 1. The maximum atomic E-state index is 12.7. The number of rotatable bonds is 3. The summed E-state index contributed by atoms with van der Waals surface area (Å²) in [7, 11) is 0. The molecule has 1 saturated heterocycles. The van der Waals surface area contributed by atoms with Crippen molar-refractivity contribution < 1.29 is 9.13 Å². The first-order valence-electron chi connectivity index (χ1n) is 5.14. The van der Waals surface area contributed by atoms with Crippen molar-refractivity contribution in [2.45, 2.75) is 0 Å². The van der Waals surface area contributed by atoms with Crippen LogP contribution in [0.25, 0.3) is 0 Å². The third kappa shape index (κ3) is 1.67. The molecule has 80 valence electrons. The van der Waals surface area contributed by atoms with Gasteiger partial charge < -0.3 is 10.1 Å². The Kier molecular flexibility index (Phi) is 2.05. The van der Waals surface area contributed by atoms with E-state index in [9.17, 15) is 4.39 Å². The molecule has 1 aromatic heterocycles. The number of anilines is 1. The Morgan fingerprint density at radius 2 is 2.20 bits per heavy atom. The van der Waals surface area contributed by atoms with E-state index in [2.05, 4.69) is 15.3 Å². The lowest BCUT2D eigenvalue weighted by molar-refractivity contribution is 0.153. The molecule has 0 amide bonds. The molecule has 1 aromatic rings. The van der Waals surface area contributed by atoms with Crippen molar-refractivity contribution in [3.8, 4) is 0 Å². The van der Waals surface area contributed by atoms with Gasteiger partial charge >= 0.3 is 0 Å². The largest absolute Gasteiger partial charge is 0.381 e. The van der Waals surface area contributed by atoms with Gasteiger partial charge in [-0.3, -0.25) is 4.98 Å². The van der Waals surface area contributed by atoms with Crippen LogP contribution in [0.4, 0.5) is 10.2 Å². The number of nitrogens with zero attached hydrogens (tertiary/aromatic N) is 2. The summed E-state index contributed by atoms with van der Waals surface area (Å²) in [6, 6.07) is 0. The fourth-order valence-electron chi connectivity index (χ4n) is 2.31.